The lowest BCUT2D eigenvalue weighted by Crippen LogP contribution is -2.44. The third-order valence-electron chi connectivity index (χ3n) is 4.51. The van der Waals surface area contributed by atoms with Crippen LogP contribution in [0.25, 0.3) is 0 Å². The number of benzene rings is 2. The van der Waals surface area contributed by atoms with Crippen molar-refractivity contribution in [3.63, 3.8) is 0 Å². The molecular formula is C21H22N2O5. The minimum absolute atomic E-state index is 0.103. The highest BCUT2D eigenvalue weighted by atomic mass is 16.5. The summed E-state index contributed by atoms with van der Waals surface area (Å²) in [5, 5.41) is 11.8. The number of aliphatic carboxylic acids is 1. The van der Waals surface area contributed by atoms with E-state index in [4.69, 9.17) is 4.74 Å². The number of carbonyl (C=O) groups excluding carboxylic acids is 2. The molecule has 0 aromatic heterocycles. The van der Waals surface area contributed by atoms with Crippen LogP contribution in [0.5, 0.6) is 5.75 Å². The average molecular weight is 382 g/mol. The van der Waals surface area contributed by atoms with Gasteiger partial charge in [-0.15, -0.1) is 0 Å². The summed E-state index contributed by atoms with van der Waals surface area (Å²) in [6, 6.07) is 15.0. The number of ether oxygens (including phenoxy) is 1. The van der Waals surface area contributed by atoms with Gasteiger partial charge in [0.25, 0.3) is 5.91 Å². The molecule has 1 saturated heterocycles. The molecule has 1 aliphatic rings. The smallest absolute Gasteiger partial charge is 0.326 e. The number of nitrogens with one attached hydrogen (secondary N) is 1. The molecule has 0 bridgehead atoms. The molecule has 1 atom stereocenters. The Morgan fingerprint density at radius 3 is 2.43 bits per heavy atom. The fourth-order valence-electron chi connectivity index (χ4n) is 3.08. The van der Waals surface area contributed by atoms with Gasteiger partial charge in [-0.25, -0.2) is 4.79 Å². The summed E-state index contributed by atoms with van der Waals surface area (Å²) < 4.78 is 5.43. The van der Waals surface area contributed by atoms with E-state index in [0.717, 1.165) is 17.7 Å². The van der Waals surface area contributed by atoms with Gasteiger partial charge in [-0.1, -0.05) is 30.3 Å². The number of anilines is 1. The topological polar surface area (TPSA) is 95.9 Å². The van der Waals surface area contributed by atoms with Crippen LogP contribution in [0.4, 0.5) is 5.69 Å². The Morgan fingerprint density at radius 1 is 1.11 bits per heavy atom. The van der Waals surface area contributed by atoms with Crippen LogP contribution in [-0.4, -0.2) is 42.1 Å². The Kier molecular flexibility index (Phi) is 6.26. The zero-order valence-corrected chi connectivity index (χ0v) is 15.3. The molecule has 0 radical (unpaired) electrons. The second-order valence-corrected chi connectivity index (χ2v) is 6.58. The van der Waals surface area contributed by atoms with Crippen molar-refractivity contribution in [2.75, 3.05) is 18.1 Å². The molecule has 2 amide bonds. The lowest BCUT2D eigenvalue weighted by Gasteiger charge is -2.17. The van der Waals surface area contributed by atoms with E-state index in [1.807, 2.05) is 30.3 Å². The molecule has 0 saturated carbocycles. The summed E-state index contributed by atoms with van der Waals surface area (Å²) in [6.07, 6.45) is 1.61. The number of carboxylic acids is 1. The van der Waals surface area contributed by atoms with E-state index in [1.54, 1.807) is 29.2 Å². The lowest BCUT2D eigenvalue weighted by molar-refractivity contribution is -0.142. The van der Waals surface area contributed by atoms with E-state index < -0.39 is 17.9 Å². The number of carboxylic acid groups (broad SMARTS) is 1. The number of nitrogens with zero attached hydrogens (tertiary/aromatic N) is 1. The summed E-state index contributed by atoms with van der Waals surface area (Å²) in [7, 11) is 0. The van der Waals surface area contributed by atoms with E-state index >= 15 is 0 Å². The highest BCUT2D eigenvalue weighted by Gasteiger charge is 2.22. The molecule has 1 fully saturated rings. The summed E-state index contributed by atoms with van der Waals surface area (Å²) in [5.74, 6) is -1.04. The molecule has 28 heavy (non-hydrogen) atoms. The van der Waals surface area contributed by atoms with Gasteiger partial charge in [-0.05, 0) is 36.2 Å². The van der Waals surface area contributed by atoms with Crippen molar-refractivity contribution < 1.29 is 24.2 Å². The third kappa shape index (κ3) is 5.09. The predicted octanol–water partition coefficient (Wildman–Crippen LogP) is 2.00. The van der Waals surface area contributed by atoms with Crippen molar-refractivity contribution in [1.82, 2.24) is 5.32 Å². The van der Waals surface area contributed by atoms with Gasteiger partial charge in [0.15, 0.2) is 6.61 Å². The van der Waals surface area contributed by atoms with Gasteiger partial charge in [0, 0.05) is 25.1 Å². The molecule has 2 aromatic rings. The molecule has 2 N–H and O–H groups in total. The van der Waals surface area contributed by atoms with E-state index in [9.17, 15) is 19.5 Å². The molecule has 2 aromatic carbocycles. The van der Waals surface area contributed by atoms with Crippen LogP contribution in [0, 0.1) is 0 Å². The van der Waals surface area contributed by atoms with Gasteiger partial charge in [-0.3, -0.25) is 9.59 Å². The number of amides is 2. The summed E-state index contributed by atoms with van der Waals surface area (Å²) >= 11 is 0. The minimum atomic E-state index is -1.10. The van der Waals surface area contributed by atoms with Gasteiger partial charge >= 0.3 is 5.97 Å². The predicted molar refractivity (Wildman–Crippen MR) is 103 cm³/mol. The Balaban J connectivity index is 1.51. The molecule has 3 rings (SSSR count). The fraction of sp³-hybridized carbons (Fsp3) is 0.286. The minimum Gasteiger partial charge on any atom is -0.484 e. The zero-order chi connectivity index (χ0) is 19.9. The summed E-state index contributed by atoms with van der Waals surface area (Å²) in [4.78, 5) is 37.0. The highest BCUT2D eigenvalue weighted by Crippen LogP contribution is 2.23. The maximum absolute atomic E-state index is 12.1. The second kappa shape index (κ2) is 9.03. The van der Waals surface area contributed by atoms with Crippen LogP contribution in [-0.2, 0) is 20.8 Å². The summed E-state index contributed by atoms with van der Waals surface area (Å²) in [6.45, 7) is 0.417. The van der Waals surface area contributed by atoms with Crippen LogP contribution < -0.4 is 15.0 Å². The van der Waals surface area contributed by atoms with E-state index in [1.165, 1.54) is 0 Å². The first-order valence-corrected chi connectivity index (χ1v) is 9.12. The highest BCUT2D eigenvalue weighted by molar-refractivity contribution is 5.95. The Hall–Kier alpha value is -3.35. The molecular weight excluding hydrogens is 360 g/mol. The zero-order valence-electron chi connectivity index (χ0n) is 15.3. The van der Waals surface area contributed by atoms with Crippen molar-refractivity contribution in [3.05, 3.63) is 60.2 Å². The number of hydrogen-bond acceptors (Lipinski definition) is 4. The number of hydrogen-bond donors (Lipinski definition) is 2. The van der Waals surface area contributed by atoms with Gasteiger partial charge in [0.05, 0.1) is 0 Å². The van der Waals surface area contributed by atoms with E-state index in [-0.39, 0.29) is 18.9 Å². The molecule has 7 heteroatoms. The molecule has 7 nitrogen and oxygen atoms in total. The maximum Gasteiger partial charge on any atom is 0.326 e. The van der Waals surface area contributed by atoms with Crippen LogP contribution in [0.15, 0.2) is 54.6 Å². The Labute approximate surface area is 162 Å². The molecule has 0 spiro atoms. The van der Waals surface area contributed by atoms with Crippen molar-refractivity contribution in [2.45, 2.75) is 25.3 Å². The molecule has 146 valence electrons. The fourth-order valence-corrected chi connectivity index (χ4v) is 3.08. The lowest BCUT2D eigenvalue weighted by atomic mass is 10.1. The van der Waals surface area contributed by atoms with E-state index in [0.29, 0.717) is 18.7 Å². The Bertz CT molecular complexity index is 836. The first-order valence-electron chi connectivity index (χ1n) is 9.12. The van der Waals surface area contributed by atoms with E-state index in [2.05, 4.69) is 5.32 Å². The van der Waals surface area contributed by atoms with Gasteiger partial charge in [0.2, 0.25) is 5.91 Å². The van der Waals surface area contributed by atoms with Crippen LogP contribution in [0.1, 0.15) is 18.4 Å². The number of carbonyl (C=O) groups is 3. The monoisotopic (exact) mass is 382 g/mol. The number of rotatable bonds is 8. The third-order valence-corrected chi connectivity index (χ3v) is 4.51. The SMILES string of the molecule is O=C(COc1ccc(N2CCCC2=O)cc1)N[C@H](Cc1ccccc1)C(=O)O. The standard InChI is InChI=1S/C21H22N2O5/c24-19(22-18(21(26)27)13-15-5-2-1-3-6-15)14-28-17-10-8-16(9-11-17)23-12-4-7-20(23)25/h1-3,5-6,8-11,18H,4,7,12-14H2,(H,22,24)(H,26,27)/t18-/m1/s1. The van der Waals surface area contributed by atoms with Crippen molar-refractivity contribution >= 4 is 23.5 Å². The molecule has 1 heterocycles. The van der Waals surface area contributed by atoms with Gasteiger partial charge < -0.3 is 20.1 Å². The Morgan fingerprint density at radius 2 is 1.82 bits per heavy atom. The largest absolute Gasteiger partial charge is 0.484 e. The molecule has 0 unspecified atom stereocenters. The van der Waals surface area contributed by atoms with Crippen LogP contribution in [0.3, 0.4) is 0 Å². The van der Waals surface area contributed by atoms with Crippen molar-refractivity contribution in [3.8, 4) is 5.75 Å². The second-order valence-electron chi connectivity index (χ2n) is 6.58. The quantitative estimate of drug-likeness (QED) is 0.728. The first kappa shape index (κ1) is 19.4. The van der Waals surface area contributed by atoms with Crippen molar-refractivity contribution in [2.24, 2.45) is 0 Å². The average Bonchev–Trinajstić information content (AvgIpc) is 3.13. The normalized spacial score (nSPS) is 14.6. The van der Waals surface area contributed by atoms with Crippen molar-refractivity contribution in [1.29, 1.82) is 0 Å². The molecule has 1 aliphatic heterocycles. The van der Waals surface area contributed by atoms with Gasteiger partial charge in [-0.2, -0.15) is 0 Å². The molecule has 0 aliphatic carbocycles. The van der Waals surface area contributed by atoms with Crippen LogP contribution >= 0.6 is 0 Å². The van der Waals surface area contributed by atoms with Crippen LogP contribution in [0.2, 0.25) is 0 Å². The maximum atomic E-state index is 12.1. The van der Waals surface area contributed by atoms with Gasteiger partial charge in [0.1, 0.15) is 11.8 Å². The first-order chi connectivity index (χ1) is 13.5. The summed E-state index contributed by atoms with van der Waals surface area (Å²) in [5.41, 5.74) is 1.62.